The van der Waals surface area contributed by atoms with Gasteiger partial charge in [0.15, 0.2) is 11.5 Å². The van der Waals surface area contributed by atoms with E-state index in [1.807, 2.05) is 18.6 Å². The van der Waals surface area contributed by atoms with Gasteiger partial charge in [0, 0.05) is 11.1 Å². The van der Waals surface area contributed by atoms with E-state index in [2.05, 4.69) is 20.5 Å². The van der Waals surface area contributed by atoms with Gasteiger partial charge >= 0.3 is 0 Å². The Kier molecular flexibility index (Phi) is 6.54. The third kappa shape index (κ3) is 5.16. The van der Waals surface area contributed by atoms with E-state index in [0.29, 0.717) is 29.8 Å². The fourth-order valence-corrected chi connectivity index (χ4v) is 4.23. The number of carbonyl (C=O) groups is 1. The van der Waals surface area contributed by atoms with E-state index in [4.69, 9.17) is 0 Å². The molecule has 0 aliphatic carbocycles. The average molecular weight is 451 g/mol. The smallest absolute Gasteiger partial charge is 0.261 e. The first-order valence-corrected chi connectivity index (χ1v) is 11.4. The van der Waals surface area contributed by atoms with Gasteiger partial charge in [0.25, 0.3) is 5.91 Å². The molecule has 0 fully saturated rings. The van der Waals surface area contributed by atoms with Crippen molar-refractivity contribution in [2.45, 2.75) is 33.6 Å². The van der Waals surface area contributed by atoms with Crippen molar-refractivity contribution in [1.82, 2.24) is 15.2 Å². The molecule has 0 saturated carbocycles. The molecule has 31 heavy (non-hydrogen) atoms. The van der Waals surface area contributed by atoms with Crippen LogP contribution in [0.25, 0.3) is 11.0 Å². The predicted molar refractivity (Wildman–Crippen MR) is 114 cm³/mol. The fraction of sp³-hybridized carbons (Fsp3) is 0.350. The summed E-state index contributed by atoms with van der Waals surface area (Å²) in [4.78, 5) is 16.8. The van der Waals surface area contributed by atoms with Crippen LogP contribution in [0.4, 0.5) is 20.2 Å². The van der Waals surface area contributed by atoms with E-state index in [1.54, 1.807) is 13.0 Å². The number of carbonyl (C=O) groups excluding carboxylic acids is 1. The number of rotatable bonds is 8. The Hall–Kier alpha value is -3.08. The van der Waals surface area contributed by atoms with Crippen molar-refractivity contribution in [3.8, 4) is 0 Å². The molecular weight excluding hydrogens is 428 g/mol. The van der Waals surface area contributed by atoms with Crippen LogP contribution in [0, 0.1) is 17.6 Å². The minimum Gasteiger partial charge on any atom is -0.320 e. The highest BCUT2D eigenvalue weighted by molar-refractivity contribution is 7.92. The van der Waals surface area contributed by atoms with Gasteiger partial charge in [-0.15, -0.1) is 0 Å². The number of nitrogens with one attached hydrogen (secondary N) is 3. The van der Waals surface area contributed by atoms with Gasteiger partial charge in [-0.3, -0.25) is 14.6 Å². The number of hydrogen-bond acceptors (Lipinski definition) is 5. The number of nitrogens with zero attached hydrogens (tertiary/aromatic N) is 2. The number of sulfonamides is 1. The Morgan fingerprint density at radius 3 is 2.68 bits per heavy atom. The van der Waals surface area contributed by atoms with Gasteiger partial charge < -0.3 is 5.32 Å². The lowest BCUT2D eigenvalue weighted by Crippen LogP contribution is -2.20. The van der Waals surface area contributed by atoms with Crippen LogP contribution in [-0.2, 0) is 16.4 Å². The summed E-state index contributed by atoms with van der Waals surface area (Å²) in [5.74, 6) is -3.37. The van der Waals surface area contributed by atoms with E-state index >= 15 is 0 Å². The maximum atomic E-state index is 14.8. The van der Waals surface area contributed by atoms with Crippen LogP contribution in [-0.4, -0.2) is 35.3 Å². The number of hydrogen-bond donors (Lipinski definition) is 3. The van der Waals surface area contributed by atoms with Crippen LogP contribution >= 0.6 is 0 Å². The van der Waals surface area contributed by atoms with Gasteiger partial charge in [0.2, 0.25) is 10.0 Å². The molecule has 0 saturated heterocycles. The van der Waals surface area contributed by atoms with E-state index in [0.717, 1.165) is 17.8 Å². The first-order valence-electron chi connectivity index (χ1n) is 9.74. The number of halogens is 2. The van der Waals surface area contributed by atoms with Gasteiger partial charge in [-0.2, -0.15) is 5.10 Å². The first-order chi connectivity index (χ1) is 14.6. The van der Waals surface area contributed by atoms with Gasteiger partial charge in [-0.1, -0.05) is 20.8 Å². The van der Waals surface area contributed by atoms with Crippen LogP contribution in [0.3, 0.4) is 0 Å². The molecule has 2 aromatic heterocycles. The van der Waals surface area contributed by atoms with E-state index in [-0.39, 0.29) is 11.4 Å². The molecule has 1 aromatic carbocycles. The second kappa shape index (κ2) is 8.96. The van der Waals surface area contributed by atoms with Crippen molar-refractivity contribution in [2.75, 3.05) is 15.8 Å². The molecule has 3 rings (SSSR count). The summed E-state index contributed by atoms with van der Waals surface area (Å²) >= 11 is 0. The van der Waals surface area contributed by atoms with Crippen LogP contribution in [0.15, 0.2) is 24.4 Å². The quantitative estimate of drug-likeness (QED) is 0.481. The Bertz CT molecular complexity index is 1230. The summed E-state index contributed by atoms with van der Waals surface area (Å²) in [7, 11) is -3.82. The molecular formula is C20H23F2N5O3S. The van der Waals surface area contributed by atoms with E-state index in [9.17, 15) is 22.0 Å². The van der Waals surface area contributed by atoms with Crippen molar-refractivity contribution >= 4 is 38.3 Å². The third-order valence-corrected chi connectivity index (χ3v) is 5.89. The first kappa shape index (κ1) is 22.6. The van der Waals surface area contributed by atoms with Crippen molar-refractivity contribution < 1.29 is 22.0 Å². The molecule has 0 aliphatic heterocycles. The van der Waals surface area contributed by atoms with Crippen LogP contribution < -0.4 is 10.0 Å². The number of fused-ring (bicyclic) bond motifs is 1. The number of amides is 1. The van der Waals surface area contributed by atoms with Gasteiger partial charge in [0.05, 0.1) is 23.3 Å². The Balaban J connectivity index is 1.90. The summed E-state index contributed by atoms with van der Waals surface area (Å²) in [5.41, 5.74) is 0.116. The fourth-order valence-electron chi connectivity index (χ4n) is 3.10. The maximum Gasteiger partial charge on any atom is 0.261 e. The zero-order valence-corrected chi connectivity index (χ0v) is 18.1. The number of H-pyrrole nitrogens is 1. The number of aromatic amines is 1. The van der Waals surface area contributed by atoms with Crippen LogP contribution in [0.2, 0.25) is 0 Å². The highest BCUT2D eigenvalue weighted by atomic mass is 32.2. The summed E-state index contributed by atoms with van der Waals surface area (Å²) in [6, 6.07) is 3.39. The Labute approximate surface area is 178 Å². The van der Waals surface area contributed by atoms with Crippen LogP contribution in [0.1, 0.15) is 43.2 Å². The maximum absolute atomic E-state index is 14.8. The molecule has 2 heterocycles. The predicted octanol–water partition coefficient (Wildman–Crippen LogP) is 3.84. The molecule has 0 bridgehead atoms. The van der Waals surface area contributed by atoms with Gasteiger partial charge in [-0.25, -0.2) is 22.2 Å². The zero-order valence-electron chi connectivity index (χ0n) is 17.3. The number of pyridine rings is 1. The highest BCUT2D eigenvalue weighted by Crippen LogP contribution is 2.25. The zero-order chi connectivity index (χ0) is 22.8. The molecule has 3 N–H and O–H groups in total. The highest BCUT2D eigenvalue weighted by Gasteiger charge is 2.23. The Morgan fingerprint density at radius 1 is 1.26 bits per heavy atom. The van der Waals surface area contributed by atoms with Gasteiger partial charge in [0.1, 0.15) is 11.4 Å². The molecule has 1 amide bonds. The molecule has 3 aromatic rings. The van der Waals surface area contributed by atoms with Crippen molar-refractivity contribution in [3.63, 3.8) is 0 Å². The van der Waals surface area contributed by atoms with Crippen LogP contribution in [0.5, 0.6) is 0 Å². The second-order valence-corrected chi connectivity index (χ2v) is 9.40. The minimum absolute atomic E-state index is 0.222. The molecule has 0 unspecified atom stereocenters. The number of anilines is 2. The largest absolute Gasteiger partial charge is 0.320 e. The molecule has 0 atom stereocenters. The third-order valence-electron chi connectivity index (χ3n) is 4.42. The summed E-state index contributed by atoms with van der Waals surface area (Å²) in [6.07, 6.45) is 2.34. The van der Waals surface area contributed by atoms with E-state index in [1.165, 1.54) is 6.20 Å². The topological polar surface area (TPSA) is 117 Å². The van der Waals surface area contributed by atoms with Crippen molar-refractivity contribution in [3.05, 3.63) is 47.3 Å². The van der Waals surface area contributed by atoms with Crippen molar-refractivity contribution in [1.29, 1.82) is 0 Å². The summed E-state index contributed by atoms with van der Waals surface area (Å²) < 4.78 is 55.0. The normalized spacial score (nSPS) is 11.8. The average Bonchev–Trinajstić information content (AvgIpc) is 3.05. The minimum atomic E-state index is -3.82. The lowest BCUT2D eigenvalue weighted by atomic mass is 10.1. The molecule has 0 radical (unpaired) electrons. The number of benzene rings is 1. The van der Waals surface area contributed by atoms with Gasteiger partial charge in [-0.05, 0) is 37.0 Å². The standard InChI is InChI=1S/C20H23F2N5O3S/c1-4-7-31(29,30)27-15-6-5-14(21)17(18(15)22)20(28)24-12-9-13-16(8-11(2)3)25-26-19(13)23-10-12/h5-6,9-11,27H,4,7-8H2,1-3H3,(H,24,28)(H,23,25,26). The van der Waals surface area contributed by atoms with Crippen molar-refractivity contribution in [2.24, 2.45) is 5.92 Å². The lowest BCUT2D eigenvalue weighted by Gasteiger charge is -2.12. The monoisotopic (exact) mass is 451 g/mol. The lowest BCUT2D eigenvalue weighted by molar-refractivity contribution is 0.101. The number of aromatic nitrogens is 3. The molecule has 11 heteroatoms. The summed E-state index contributed by atoms with van der Waals surface area (Å²) in [5, 5.41) is 10.1. The molecule has 8 nitrogen and oxygen atoms in total. The Morgan fingerprint density at radius 2 is 2.00 bits per heavy atom. The molecule has 166 valence electrons. The summed E-state index contributed by atoms with van der Waals surface area (Å²) in [6.45, 7) is 5.73. The molecule has 0 aliphatic rings. The van der Waals surface area contributed by atoms with E-state index < -0.39 is 38.8 Å². The molecule has 0 spiro atoms. The second-order valence-electron chi connectivity index (χ2n) is 7.55. The SMILES string of the molecule is CCCS(=O)(=O)Nc1ccc(F)c(C(=O)Nc2cnc3n[nH]c(CC(C)C)c3c2)c1F.